The van der Waals surface area contributed by atoms with E-state index in [4.69, 9.17) is 0 Å². The summed E-state index contributed by atoms with van der Waals surface area (Å²) >= 11 is 0. The van der Waals surface area contributed by atoms with Crippen molar-refractivity contribution in [1.29, 1.82) is 0 Å². The number of aryl methyl sites for hydroxylation is 2. The lowest BCUT2D eigenvalue weighted by atomic mass is 10.2. The van der Waals surface area contributed by atoms with E-state index < -0.39 is 6.03 Å². The van der Waals surface area contributed by atoms with Crippen LogP contribution in [0, 0.1) is 13.8 Å². The molecule has 25 heavy (non-hydrogen) atoms. The highest BCUT2D eigenvalue weighted by Gasteiger charge is 2.06. The highest BCUT2D eigenvalue weighted by Crippen LogP contribution is 2.05. The number of hydrogen-bond donors (Lipinski definition) is 3. The van der Waals surface area contributed by atoms with Crippen LogP contribution in [0.2, 0.25) is 0 Å². The Hall–Kier alpha value is -3.29. The molecule has 3 rings (SSSR count). The van der Waals surface area contributed by atoms with Gasteiger partial charge in [-0.05, 0) is 32.0 Å². The molecule has 2 amide bonds. The van der Waals surface area contributed by atoms with Crippen molar-refractivity contribution in [2.24, 2.45) is 0 Å². The Bertz CT molecular complexity index is 962. The van der Waals surface area contributed by atoms with Gasteiger partial charge in [-0.3, -0.25) is 4.79 Å². The van der Waals surface area contributed by atoms with Crippen molar-refractivity contribution in [2.75, 3.05) is 0 Å². The number of fused-ring (bicyclic) bond motifs is 1. The molecule has 1 aromatic carbocycles. The number of hydrogen-bond acceptors (Lipinski definition) is 5. The van der Waals surface area contributed by atoms with Gasteiger partial charge in [-0.25, -0.2) is 19.7 Å². The summed E-state index contributed by atoms with van der Waals surface area (Å²) in [6.45, 7) is 4.08. The number of benzene rings is 1. The molecule has 0 radical (unpaired) electrons. The largest absolute Gasteiger partial charge is 0.331 e. The summed E-state index contributed by atoms with van der Waals surface area (Å²) in [5, 5.41) is 5.85. The van der Waals surface area contributed by atoms with Crippen LogP contribution in [0.25, 0.3) is 10.9 Å². The molecule has 0 saturated heterocycles. The third-order valence-electron chi connectivity index (χ3n) is 3.51. The van der Waals surface area contributed by atoms with Gasteiger partial charge in [0.05, 0.1) is 24.0 Å². The second-order valence-corrected chi connectivity index (χ2v) is 5.63. The second kappa shape index (κ2) is 7.08. The Morgan fingerprint density at radius 1 is 1.04 bits per heavy atom. The number of para-hydroxylation sites is 1. The highest BCUT2D eigenvalue weighted by molar-refractivity contribution is 5.77. The van der Waals surface area contributed by atoms with Crippen LogP contribution >= 0.6 is 0 Å². The molecule has 0 saturated carbocycles. The summed E-state index contributed by atoms with van der Waals surface area (Å²) < 4.78 is 0. The molecule has 0 atom stereocenters. The minimum atomic E-state index is -0.390. The zero-order valence-electron chi connectivity index (χ0n) is 14.0. The van der Waals surface area contributed by atoms with E-state index in [0.717, 1.165) is 11.4 Å². The normalized spacial score (nSPS) is 10.6. The first-order chi connectivity index (χ1) is 12.0. The van der Waals surface area contributed by atoms with Gasteiger partial charge in [-0.2, -0.15) is 0 Å². The van der Waals surface area contributed by atoms with Crippen molar-refractivity contribution in [1.82, 2.24) is 30.6 Å². The molecule has 0 unspecified atom stereocenters. The number of urea groups is 1. The Morgan fingerprint density at radius 2 is 1.72 bits per heavy atom. The molecule has 0 aliphatic heterocycles. The van der Waals surface area contributed by atoms with Crippen LogP contribution in [-0.2, 0) is 13.1 Å². The molecule has 0 aliphatic rings. The lowest BCUT2D eigenvalue weighted by Crippen LogP contribution is -2.35. The van der Waals surface area contributed by atoms with Gasteiger partial charge in [-0.1, -0.05) is 12.1 Å². The molecule has 3 N–H and O–H groups in total. The first-order valence-corrected chi connectivity index (χ1v) is 7.82. The van der Waals surface area contributed by atoms with Crippen molar-refractivity contribution in [3.05, 3.63) is 63.7 Å². The predicted molar refractivity (Wildman–Crippen MR) is 92.9 cm³/mol. The third kappa shape index (κ3) is 4.17. The molecule has 3 aromatic rings. The Morgan fingerprint density at radius 3 is 2.48 bits per heavy atom. The minimum Gasteiger partial charge on any atom is -0.331 e. The maximum atomic E-state index is 12.0. The summed E-state index contributed by atoms with van der Waals surface area (Å²) in [6.07, 6.45) is 0. The first-order valence-electron chi connectivity index (χ1n) is 7.82. The maximum Gasteiger partial charge on any atom is 0.315 e. The molecule has 128 valence electrons. The third-order valence-corrected chi connectivity index (χ3v) is 3.51. The highest BCUT2D eigenvalue weighted by atomic mass is 16.2. The number of H-pyrrole nitrogens is 1. The standard InChI is InChI=1S/C17H18N6O2/c1-10-7-11(2)21-14(20-10)8-18-17(25)19-9-15-22-13-6-4-3-5-12(13)16(24)23-15/h3-7H,8-9H2,1-2H3,(H2,18,19,25)(H,22,23,24). The summed E-state index contributed by atoms with van der Waals surface area (Å²) in [5.41, 5.74) is 2.06. The number of amides is 2. The van der Waals surface area contributed by atoms with Gasteiger partial charge in [0, 0.05) is 11.4 Å². The number of nitrogens with zero attached hydrogens (tertiary/aromatic N) is 3. The van der Waals surface area contributed by atoms with E-state index >= 15 is 0 Å². The Balaban J connectivity index is 1.60. The lowest BCUT2D eigenvalue weighted by molar-refractivity contribution is 0.239. The van der Waals surface area contributed by atoms with Crippen molar-refractivity contribution in [3.8, 4) is 0 Å². The van der Waals surface area contributed by atoms with Crippen LogP contribution in [0.3, 0.4) is 0 Å². The smallest absolute Gasteiger partial charge is 0.315 e. The minimum absolute atomic E-state index is 0.111. The van der Waals surface area contributed by atoms with Crippen LogP contribution in [0.15, 0.2) is 35.1 Å². The molecular formula is C17H18N6O2. The van der Waals surface area contributed by atoms with Crippen LogP contribution in [0.1, 0.15) is 23.0 Å². The first kappa shape index (κ1) is 16.6. The van der Waals surface area contributed by atoms with Crippen molar-refractivity contribution >= 4 is 16.9 Å². The van der Waals surface area contributed by atoms with Crippen LogP contribution in [-0.4, -0.2) is 26.0 Å². The monoisotopic (exact) mass is 338 g/mol. The van der Waals surface area contributed by atoms with Gasteiger partial charge in [-0.15, -0.1) is 0 Å². The van der Waals surface area contributed by atoms with Crippen molar-refractivity contribution in [2.45, 2.75) is 26.9 Å². The summed E-state index contributed by atoms with van der Waals surface area (Å²) in [7, 11) is 0. The van der Waals surface area contributed by atoms with E-state index in [2.05, 4.69) is 30.6 Å². The molecule has 2 heterocycles. The molecular weight excluding hydrogens is 320 g/mol. The number of aromatic amines is 1. The number of carbonyl (C=O) groups excluding carboxylic acids is 1. The van der Waals surface area contributed by atoms with Gasteiger partial charge in [0.25, 0.3) is 5.56 Å². The number of carbonyl (C=O) groups is 1. The molecule has 0 fully saturated rings. The van der Waals surface area contributed by atoms with Crippen molar-refractivity contribution < 1.29 is 4.79 Å². The SMILES string of the molecule is Cc1cc(C)nc(CNC(=O)NCc2nc3ccccc3c(=O)[nH]2)n1. The number of nitrogens with one attached hydrogen (secondary N) is 3. The van der Waals surface area contributed by atoms with E-state index in [-0.39, 0.29) is 18.6 Å². The molecule has 2 aromatic heterocycles. The van der Waals surface area contributed by atoms with E-state index in [9.17, 15) is 9.59 Å². The molecule has 8 heteroatoms. The molecule has 0 spiro atoms. The topological polar surface area (TPSA) is 113 Å². The summed E-state index contributed by atoms with van der Waals surface area (Å²) in [5.74, 6) is 0.936. The summed E-state index contributed by atoms with van der Waals surface area (Å²) in [6, 6.07) is 8.52. The van der Waals surface area contributed by atoms with Gasteiger partial charge >= 0.3 is 6.03 Å². The van der Waals surface area contributed by atoms with Crippen molar-refractivity contribution in [3.63, 3.8) is 0 Å². The van der Waals surface area contributed by atoms with E-state index in [1.54, 1.807) is 18.2 Å². The fourth-order valence-corrected chi connectivity index (χ4v) is 2.48. The van der Waals surface area contributed by atoms with Gasteiger partial charge < -0.3 is 15.6 Å². The fraction of sp³-hybridized carbons (Fsp3) is 0.235. The van der Waals surface area contributed by atoms with E-state index in [1.807, 2.05) is 26.0 Å². The molecule has 0 bridgehead atoms. The molecule has 8 nitrogen and oxygen atoms in total. The van der Waals surface area contributed by atoms with E-state index in [1.165, 1.54) is 0 Å². The van der Waals surface area contributed by atoms with Crippen LogP contribution in [0.5, 0.6) is 0 Å². The molecule has 0 aliphatic carbocycles. The fourth-order valence-electron chi connectivity index (χ4n) is 2.48. The van der Waals surface area contributed by atoms with Crippen LogP contribution in [0.4, 0.5) is 4.79 Å². The Kier molecular flexibility index (Phi) is 4.69. The lowest BCUT2D eigenvalue weighted by Gasteiger charge is -2.08. The van der Waals surface area contributed by atoms with Gasteiger partial charge in [0.15, 0.2) is 0 Å². The number of rotatable bonds is 4. The average molecular weight is 338 g/mol. The number of aromatic nitrogens is 4. The van der Waals surface area contributed by atoms with E-state index in [0.29, 0.717) is 22.6 Å². The quantitative estimate of drug-likeness (QED) is 0.664. The zero-order valence-corrected chi connectivity index (χ0v) is 14.0. The van der Waals surface area contributed by atoms with Gasteiger partial charge in [0.1, 0.15) is 11.6 Å². The average Bonchev–Trinajstić information content (AvgIpc) is 2.57. The van der Waals surface area contributed by atoms with Crippen LogP contribution < -0.4 is 16.2 Å². The Labute approximate surface area is 143 Å². The zero-order chi connectivity index (χ0) is 17.8. The predicted octanol–water partition coefficient (Wildman–Crippen LogP) is 1.33. The van der Waals surface area contributed by atoms with Gasteiger partial charge in [0.2, 0.25) is 0 Å². The maximum absolute atomic E-state index is 12.0. The second-order valence-electron chi connectivity index (χ2n) is 5.63. The summed E-state index contributed by atoms with van der Waals surface area (Å²) in [4.78, 5) is 39.4.